The highest BCUT2D eigenvalue weighted by Gasteiger charge is 2.08. The number of amides is 1. The first-order valence-corrected chi connectivity index (χ1v) is 4.94. The van der Waals surface area contributed by atoms with Gasteiger partial charge in [-0.05, 0) is 12.3 Å². The second-order valence-corrected chi connectivity index (χ2v) is 3.27. The van der Waals surface area contributed by atoms with Gasteiger partial charge >= 0.3 is 0 Å². The number of aromatic nitrogens is 1. The Morgan fingerprint density at radius 2 is 2.13 bits per heavy atom. The van der Waals surface area contributed by atoms with Crippen molar-refractivity contribution in [3.8, 4) is 0 Å². The van der Waals surface area contributed by atoms with Crippen LogP contribution in [-0.2, 0) is 0 Å². The Morgan fingerprint density at radius 1 is 1.33 bits per heavy atom. The Hall–Kier alpha value is -1.90. The summed E-state index contributed by atoms with van der Waals surface area (Å²) in [6.45, 7) is 2.53. The molecule has 0 fully saturated rings. The van der Waals surface area contributed by atoms with E-state index in [1.165, 1.54) is 0 Å². The van der Waals surface area contributed by atoms with Crippen LogP contribution in [0.25, 0.3) is 10.8 Å². The topological polar surface area (TPSA) is 42.0 Å². The molecule has 0 unspecified atom stereocenters. The predicted molar refractivity (Wildman–Crippen MR) is 59.8 cm³/mol. The van der Waals surface area contributed by atoms with Gasteiger partial charge in [-0.2, -0.15) is 0 Å². The number of hydrogen-bond acceptors (Lipinski definition) is 2. The highest BCUT2D eigenvalue weighted by molar-refractivity contribution is 6.06. The van der Waals surface area contributed by atoms with Crippen LogP contribution in [0.1, 0.15) is 17.3 Å². The lowest BCUT2D eigenvalue weighted by molar-refractivity contribution is 0.0957. The van der Waals surface area contributed by atoms with Crippen molar-refractivity contribution in [3.05, 3.63) is 42.2 Å². The zero-order valence-corrected chi connectivity index (χ0v) is 8.53. The molecule has 2 rings (SSSR count). The van der Waals surface area contributed by atoms with Crippen molar-refractivity contribution >= 4 is 16.7 Å². The lowest BCUT2D eigenvalue weighted by Crippen LogP contribution is -2.22. The maximum atomic E-state index is 11.7. The molecule has 0 spiro atoms. The summed E-state index contributed by atoms with van der Waals surface area (Å²) in [6.07, 6.45) is 3.37. The minimum absolute atomic E-state index is 0.0678. The summed E-state index contributed by atoms with van der Waals surface area (Å²) in [7, 11) is 0. The van der Waals surface area contributed by atoms with E-state index in [2.05, 4.69) is 10.3 Å². The molecule has 1 N–H and O–H groups in total. The van der Waals surface area contributed by atoms with Crippen LogP contribution in [0.4, 0.5) is 0 Å². The van der Waals surface area contributed by atoms with Gasteiger partial charge in [0, 0.05) is 24.3 Å². The molecule has 3 nitrogen and oxygen atoms in total. The summed E-state index contributed by atoms with van der Waals surface area (Å²) < 4.78 is 0. The van der Waals surface area contributed by atoms with Crippen molar-refractivity contribution < 1.29 is 4.79 Å². The van der Waals surface area contributed by atoms with E-state index in [9.17, 15) is 4.79 Å². The van der Waals surface area contributed by atoms with Gasteiger partial charge in [-0.3, -0.25) is 9.78 Å². The number of fused-ring (bicyclic) bond motifs is 1. The Bertz CT molecular complexity index is 488. The van der Waals surface area contributed by atoms with Gasteiger partial charge in [0.2, 0.25) is 0 Å². The Balaban J connectivity index is 2.56. The summed E-state index contributed by atoms with van der Waals surface area (Å²) >= 11 is 0. The molecule has 15 heavy (non-hydrogen) atoms. The molecule has 2 aromatic rings. The average molecular weight is 200 g/mol. The summed E-state index contributed by atoms with van der Waals surface area (Å²) in [4.78, 5) is 15.8. The first-order chi connectivity index (χ1) is 7.33. The predicted octanol–water partition coefficient (Wildman–Crippen LogP) is 1.98. The van der Waals surface area contributed by atoms with Crippen molar-refractivity contribution in [2.24, 2.45) is 0 Å². The number of rotatable bonds is 2. The van der Waals surface area contributed by atoms with Crippen LogP contribution in [0, 0.1) is 0 Å². The third-order valence-corrected chi connectivity index (χ3v) is 2.25. The van der Waals surface area contributed by atoms with Gasteiger partial charge in [0.25, 0.3) is 5.91 Å². The first-order valence-electron chi connectivity index (χ1n) is 4.94. The molecule has 1 aromatic heterocycles. The maximum absolute atomic E-state index is 11.7. The molecule has 0 atom stereocenters. The van der Waals surface area contributed by atoms with Crippen LogP contribution in [0.15, 0.2) is 36.7 Å². The molecular weight excluding hydrogens is 188 g/mol. The Labute approximate surface area is 88.1 Å². The second kappa shape index (κ2) is 4.09. The van der Waals surface area contributed by atoms with Crippen molar-refractivity contribution in [2.45, 2.75) is 6.92 Å². The zero-order chi connectivity index (χ0) is 10.7. The SMILES string of the molecule is CCNC(=O)c1cncc2ccccc12. The largest absolute Gasteiger partial charge is 0.352 e. The summed E-state index contributed by atoms with van der Waals surface area (Å²) in [5.41, 5.74) is 0.634. The quantitative estimate of drug-likeness (QED) is 0.805. The minimum Gasteiger partial charge on any atom is -0.352 e. The molecule has 0 aliphatic rings. The third kappa shape index (κ3) is 1.81. The molecule has 0 saturated heterocycles. The Kier molecular flexibility index (Phi) is 2.63. The van der Waals surface area contributed by atoms with Gasteiger partial charge in [-0.25, -0.2) is 0 Å². The molecule has 1 aromatic carbocycles. The zero-order valence-electron chi connectivity index (χ0n) is 8.53. The number of hydrogen-bond donors (Lipinski definition) is 1. The molecule has 0 bridgehead atoms. The van der Waals surface area contributed by atoms with E-state index in [4.69, 9.17) is 0 Å². The number of carbonyl (C=O) groups excluding carboxylic acids is 1. The normalized spacial score (nSPS) is 10.2. The summed E-state index contributed by atoms with van der Waals surface area (Å²) in [5, 5.41) is 4.71. The molecule has 1 heterocycles. The van der Waals surface area contributed by atoms with Crippen molar-refractivity contribution in [1.82, 2.24) is 10.3 Å². The van der Waals surface area contributed by atoms with Crippen LogP contribution >= 0.6 is 0 Å². The standard InChI is InChI=1S/C12H12N2O/c1-2-14-12(15)11-8-13-7-9-5-3-4-6-10(9)11/h3-8H,2H2,1H3,(H,14,15). The van der Waals surface area contributed by atoms with Crippen molar-refractivity contribution in [2.75, 3.05) is 6.54 Å². The second-order valence-electron chi connectivity index (χ2n) is 3.27. The maximum Gasteiger partial charge on any atom is 0.253 e. The Morgan fingerprint density at radius 3 is 2.93 bits per heavy atom. The van der Waals surface area contributed by atoms with E-state index < -0.39 is 0 Å². The smallest absolute Gasteiger partial charge is 0.253 e. The fourth-order valence-electron chi connectivity index (χ4n) is 1.55. The summed E-state index contributed by atoms with van der Waals surface area (Å²) in [6, 6.07) is 7.74. The average Bonchev–Trinajstić information content (AvgIpc) is 2.28. The minimum atomic E-state index is -0.0678. The van der Waals surface area contributed by atoms with Gasteiger partial charge < -0.3 is 5.32 Å². The van der Waals surface area contributed by atoms with Gasteiger partial charge in [0.1, 0.15) is 0 Å². The lowest BCUT2D eigenvalue weighted by Gasteiger charge is -2.05. The number of nitrogens with zero attached hydrogens (tertiary/aromatic N) is 1. The van der Waals surface area contributed by atoms with Gasteiger partial charge in [-0.15, -0.1) is 0 Å². The molecule has 3 heteroatoms. The number of carbonyl (C=O) groups is 1. The van der Waals surface area contributed by atoms with E-state index in [0.717, 1.165) is 10.8 Å². The van der Waals surface area contributed by atoms with Gasteiger partial charge in [0.05, 0.1) is 5.56 Å². The van der Waals surface area contributed by atoms with Gasteiger partial charge in [-0.1, -0.05) is 24.3 Å². The van der Waals surface area contributed by atoms with Crippen LogP contribution in [0.5, 0.6) is 0 Å². The van der Waals surface area contributed by atoms with E-state index in [0.29, 0.717) is 12.1 Å². The first kappa shape index (κ1) is 9.65. The van der Waals surface area contributed by atoms with E-state index in [1.54, 1.807) is 12.4 Å². The highest BCUT2D eigenvalue weighted by atomic mass is 16.1. The monoisotopic (exact) mass is 200 g/mol. The van der Waals surface area contributed by atoms with E-state index in [1.807, 2.05) is 31.2 Å². The highest BCUT2D eigenvalue weighted by Crippen LogP contribution is 2.16. The molecule has 1 amide bonds. The van der Waals surface area contributed by atoms with E-state index >= 15 is 0 Å². The van der Waals surface area contributed by atoms with E-state index in [-0.39, 0.29) is 5.91 Å². The fourth-order valence-corrected chi connectivity index (χ4v) is 1.55. The lowest BCUT2D eigenvalue weighted by atomic mass is 10.1. The summed E-state index contributed by atoms with van der Waals surface area (Å²) in [5.74, 6) is -0.0678. The number of benzene rings is 1. The third-order valence-electron chi connectivity index (χ3n) is 2.25. The fraction of sp³-hybridized carbons (Fsp3) is 0.167. The molecule has 76 valence electrons. The van der Waals surface area contributed by atoms with Gasteiger partial charge in [0.15, 0.2) is 0 Å². The molecular formula is C12H12N2O. The van der Waals surface area contributed by atoms with Crippen LogP contribution in [0.2, 0.25) is 0 Å². The van der Waals surface area contributed by atoms with Crippen molar-refractivity contribution in [1.29, 1.82) is 0 Å². The van der Waals surface area contributed by atoms with Crippen LogP contribution < -0.4 is 5.32 Å². The molecule has 0 aliphatic heterocycles. The molecule has 0 radical (unpaired) electrons. The molecule has 0 aliphatic carbocycles. The molecule has 0 saturated carbocycles. The number of pyridine rings is 1. The van der Waals surface area contributed by atoms with Crippen LogP contribution in [0.3, 0.4) is 0 Å². The van der Waals surface area contributed by atoms with Crippen LogP contribution in [-0.4, -0.2) is 17.4 Å². The number of nitrogens with one attached hydrogen (secondary N) is 1. The van der Waals surface area contributed by atoms with Crippen molar-refractivity contribution in [3.63, 3.8) is 0 Å².